The molecule has 2 bridgehead atoms. The van der Waals surface area contributed by atoms with Crippen molar-refractivity contribution in [3.05, 3.63) is 72.7 Å². The molecule has 3 atom stereocenters. The van der Waals surface area contributed by atoms with Gasteiger partial charge in [-0.15, -0.1) is 0 Å². The summed E-state index contributed by atoms with van der Waals surface area (Å²) in [5.41, 5.74) is 7.16. The zero-order valence-corrected chi connectivity index (χ0v) is 21.3. The second-order valence-electron chi connectivity index (χ2n) is 10.9. The van der Waals surface area contributed by atoms with Crippen molar-refractivity contribution in [1.29, 1.82) is 5.26 Å². The van der Waals surface area contributed by atoms with E-state index in [4.69, 9.17) is 4.98 Å². The first-order valence-electron chi connectivity index (χ1n) is 13.2. The van der Waals surface area contributed by atoms with Crippen LogP contribution in [0.2, 0.25) is 0 Å². The first-order valence-corrected chi connectivity index (χ1v) is 13.2. The maximum atomic E-state index is 9.35. The van der Waals surface area contributed by atoms with E-state index in [2.05, 4.69) is 64.3 Å². The van der Waals surface area contributed by atoms with Crippen LogP contribution < -0.4 is 0 Å². The van der Waals surface area contributed by atoms with E-state index in [-0.39, 0.29) is 0 Å². The summed E-state index contributed by atoms with van der Waals surface area (Å²) in [6.07, 6.45) is 11.5. The molecule has 6 heteroatoms. The van der Waals surface area contributed by atoms with Gasteiger partial charge in [0.25, 0.3) is 0 Å². The van der Waals surface area contributed by atoms with Gasteiger partial charge < -0.3 is 9.47 Å². The summed E-state index contributed by atoms with van der Waals surface area (Å²) in [6, 6.07) is 20.3. The van der Waals surface area contributed by atoms with Crippen molar-refractivity contribution in [2.45, 2.75) is 44.3 Å². The van der Waals surface area contributed by atoms with Gasteiger partial charge in [-0.2, -0.15) is 10.4 Å². The highest BCUT2D eigenvalue weighted by molar-refractivity contribution is 6.02. The van der Waals surface area contributed by atoms with E-state index in [1.54, 1.807) is 0 Å². The smallest absolute Gasteiger partial charge is 0.0991 e. The maximum Gasteiger partial charge on any atom is 0.0991 e. The topological polar surface area (TPSA) is 62.7 Å². The summed E-state index contributed by atoms with van der Waals surface area (Å²) in [5.74, 6) is 0.704. The van der Waals surface area contributed by atoms with Crippen molar-refractivity contribution in [1.82, 2.24) is 24.2 Å². The first-order chi connectivity index (χ1) is 18.1. The molecular formula is C31H30N6. The maximum absolute atomic E-state index is 9.35. The monoisotopic (exact) mass is 486 g/mol. The van der Waals surface area contributed by atoms with Crippen LogP contribution in [-0.4, -0.2) is 43.4 Å². The zero-order chi connectivity index (χ0) is 25.1. The van der Waals surface area contributed by atoms with Crippen molar-refractivity contribution >= 4 is 21.8 Å². The van der Waals surface area contributed by atoms with Crippen LogP contribution in [0, 0.1) is 17.2 Å². The Labute approximate surface area is 216 Å². The van der Waals surface area contributed by atoms with Gasteiger partial charge in [0.1, 0.15) is 0 Å². The molecule has 0 aliphatic carbocycles. The van der Waals surface area contributed by atoms with Crippen LogP contribution in [0.1, 0.15) is 31.2 Å². The van der Waals surface area contributed by atoms with Crippen molar-refractivity contribution in [3.63, 3.8) is 0 Å². The van der Waals surface area contributed by atoms with E-state index in [0.29, 0.717) is 11.5 Å². The van der Waals surface area contributed by atoms with Gasteiger partial charge in [0.2, 0.25) is 0 Å². The molecule has 6 nitrogen and oxygen atoms in total. The molecule has 5 heterocycles. The number of nitriles is 1. The fourth-order valence-electron chi connectivity index (χ4n) is 6.80. The van der Waals surface area contributed by atoms with E-state index >= 15 is 0 Å². The predicted octanol–water partition coefficient (Wildman–Crippen LogP) is 6.00. The third-order valence-electron chi connectivity index (χ3n) is 8.80. The number of aromatic nitrogens is 4. The molecule has 0 saturated carbocycles. The average molecular weight is 487 g/mol. The molecule has 2 aliphatic rings. The molecule has 0 N–H and O–H groups in total. The molecule has 7 rings (SSSR count). The Balaban J connectivity index is 1.34. The van der Waals surface area contributed by atoms with Crippen LogP contribution in [0.5, 0.6) is 0 Å². The van der Waals surface area contributed by atoms with Crippen LogP contribution in [0.15, 0.2) is 67.1 Å². The number of piperidine rings is 1. The lowest BCUT2D eigenvalue weighted by atomic mass is 9.91. The quantitative estimate of drug-likeness (QED) is 0.312. The summed E-state index contributed by atoms with van der Waals surface area (Å²) in [5, 5.41) is 16.1. The van der Waals surface area contributed by atoms with Gasteiger partial charge in [0.15, 0.2) is 0 Å². The molecule has 3 aromatic heterocycles. The summed E-state index contributed by atoms with van der Waals surface area (Å²) in [6.45, 7) is 1.04. The van der Waals surface area contributed by atoms with Gasteiger partial charge in [0, 0.05) is 53.8 Å². The summed E-state index contributed by atoms with van der Waals surface area (Å²) >= 11 is 0. The van der Waals surface area contributed by atoms with Gasteiger partial charge in [0.05, 0.1) is 40.8 Å². The molecule has 5 aromatic rings. The molecule has 0 unspecified atom stereocenters. The lowest BCUT2D eigenvalue weighted by Crippen LogP contribution is -2.40. The number of benzene rings is 2. The lowest BCUT2D eigenvalue weighted by molar-refractivity contribution is 0.126. The minimum absolute atomic E-state index is 0.664. The average Bonchev–Trinajstić information content (AvgIpc) is 3.55. The Morgan fingerprint density at radius 2 is 1.68 bits per heavy atom. The fourth-order valence-corrected chi connectivity index (χ4v) is 6.80. The van der Waals surface area contributed by atoms with Crippen LogP contribution in [0.4, 0.5) is 0 Å². The second kappa shape index (κ2) is 8.57. The van der Waals surface area contributed by atoms with Crippen molar-refractivity contribution in [2.75, 3.05) is 7.05 Å². The van der Waals surface area contributed by atoms with Gasteiger partial charge in [-0.25, -0.2) is 0 Å². The number of nitrogens with zero attached hydrogens (tertiary/aromatic N) is 6. The molecule has 0 radical (unpaired) electrons. The molecule has 0 amide bonds. The summed E-state index contributed by atoms with van der Waals surface area (Å²) < 4.78 is 4.31. The summed E-state index contributed by atoms with van der Waals surface area (Å²) in [7, 11) is 4.27. The second-order valence-corrected chi connectivity index (χ2v) is 10.9. The minimum atomic E-state index is 0.664. The van der Waals surface area contributed by atoms with E-state index in [0.717, 1.165) is 51.9 Å². The van der Waals surface area contributed by atoms with Gasteiger partial charge in [-0.3, -0.25) is 9.67 Å². The van der Waals surface area contributed by atoms with E-state index in [1.807, 2.05) is 42.2 Å². The van der Waals surface area contributed by atoms with E-state index < -0.39 is 0 Å². The van der Waals surface area contributed by atoms with Crippen LogP contribution >= 0.6 is 0 Å². The van der Waals surface area contributed by atoms with Crippen LogP contribution in [0.3, 0.4) is 0 Å². The molecule has 2 fully saturated rings. The molecule has 0 spiro atoms. The first kappa shape index (κ1) is 22.3. The van der Waals surface area contributed by atoms with Gasteiger partial charge in [-0.05, 0) is 74.5 Å². The molecule has 2 aromatic carbocycles. The SMILES string of the molecule is CN1[C@@H]2CC[C@H]1C[C@@H](Cn1ccc3c(-c4ccc(C#N)cc4)c(-c4ccc5c(cnn5C)c4)ncc31)C2. The normalized spacial score (nSPS) is 21.6. The van der Waals surface area contributed by atoms with Crippen molar-refractivity contribution in [3.8, 4) is 28.5 Å². The molecule has 37 heavy (non-hydrogen) atoms. The third-order valence-corrected chi connectivity index (χ3v) is 8.80. The van der Waals surface area contributed by atoms with Gasteiger partial charge in [-0.1, -0.05) is 18.2 Å². The Morgan fingerprint density at radius 1 is 0.919 bits per heavy atom. The molecule has 184 valence electrons. The highest BCUT2D eigenvalue weighted by Crippen LogP contribution is 2.41. The van der Waals surface area contributed by atoms with E-state index in [9.17, 15) is 5.26 Å². The van der Waals surface area contributed by atoms with Crippen LogP contribution in [-0.2, 0) is 13.6 Å². The van der Waals surface area contributed by atoms with Crippen molar-refractivity contribution in [2.24, 2.45) is 13.0 Å². The molecular weight excluding hydrogens is 456 g/mol. The Morgan fingerprint density at radius 3 is 2.43 bits per heavy atom. The number of pyridine rings is 1. The van der Waals surface area contributed by atoms with Gasteiger partial charge >= 0.3 is 0 Å². The Kier molecular flexibility index (Phi) is 5.16. The fraction of sp³-hybridized carbons (Fsp3) is 0.323. The Hall–Kier alpha value is -3.95. The lowest BCUT2D eigenvalue weighted by Gasteiger charge is -2.36. The minimum Gasteiger partial charge on any atom is -0.346 e. The number of aryl methyl sites for hydroxylation is 1. The summed E-state index contributed by atoms with van der Waals surface area (Å²) in [4.78, 5) is 7.68. The largest absolute Gasteiger partial charge is 0.346 e. The Bertz CT molecular complexity index is 1650. The highest BCUT2D eigenvalue weighted by atomic mass is 15.2. The molecule has 2 saturated heterocycles. The predicted molar refractivity (Wildman–Crippen MR) is 147 cm³/mol. The highest BCUT2D eigenvalue weighted by Gasteiger charge is 2.38. The zero-order valence-electron chi connectivity index (χ0n) is 21.3. The van der Waals surface area contributed by atoms with Crippen LogP contribution in [0.25, 0.3) is 44.2 Å². The molecule has 2 aliphatic heterocycles. The van der Waals surface area contributed by atoms with E-state index in [1.165, 1.54) is 36.6 Å². The number of fused-ring (bicyclic) bond motifs is 4. The standard InChI is InChI=1S/C31H30N6/c1-35-25-8-9-26(35)14-21(13-25)19-37-12-11-27-29(37)18-33-31(30(27)22-5-3-20(16-32)4-6-22)23-7-10-28-24(15-23)17-34-36(28)2/h3-7,10-12,15,17-18,21,25-26H,8-9,13-14,19H2,1-2H3/t21-,25+,26-. The third kappa shape index (κ3) is 3.65. The number of hydrogen-bond donors (Lipinski definition) is 0. The van der Waals surface area contributed by atoms with Crippen molar-refractivity contribution < 1.29 is 0 Å². The number of hydrogen-bond acceptors (Lipinski definition) is 4. The number of rotatable bonds is 4.